The highest BCUT2D eigenvalue weighted by atomic mass is 32.2. The van der Waals surface area contributed by atoms with Crippen molar-refractivity contribution in [3.63, 3.8) is 0 Å². The maximum Gasteiger partial charge on any atom is 0.238 e. The zero-order valence-electron chi connectivity index (χ0n) is 17.4. The average molecular weight is 446 g/mol. The van der Waals surface area contributed by atoms with Gasteiger partial charge in [-0.1, -0.05) is 6.07 Å². The molecule has 1 aromatic carbocycles. The van der Waals surface area contributed by atoms with Gasteiger partial charge in [0.05, 0.1) is 4.90 Å². The van der Waals surface area contributed by atoms with E-state index in [1.54, 1.807) is 12.3 Å². The first-order valence-electron chi connectivity index (χ1n) is 10.1. The number of piperidine rings is 1. The number of nitrogens with zero attached hydrogens (tertiary/aromatic N) is 2. The summed E-state index contributed by atoms with van der Waals surface area (Å²) in [6.45, 7) is 3.97. The molecule has 0 bridgehead atoms. The number of anilines is 2. The minimum atomic E-state index is -3.82. The number of aryl methyl sites for hydroxylation is 1. The molecule has 166 valence electrons. The molecule has 2 heterocycles. The molecule has 4 N–H and O–H groups in total. The second-order valence-electron chi connectivity index (χ2n) is 7.69. The first-order valence-corrected chi connectivity index (χ1v) is 11.6. The highest BCUT2D eigenvalue weighted by Gasteiger charge is 2.25. The van der Waals surface area contributed by atoms with E-state index in [2.05, 4.69) is 20.5 Å². The van der Waals surface area contributed by atoms with Crippen molar-refractivity contribution in [2.45, 2.75) is 31.1 Å². The van der Waals surface area contributed by atoms with Crippen LogP contribution >= 0.6 is 0 Å². The van der Waals surface area contributed by atoms with E-state index >= 15 is 0 Å². The monoisotopic (exact) mass is 445 g/mol. The van der Waals surface area contributed by atoms with Crippen molar-refractivity contribution in [1.29, 1.82) is 0 Å². The van der Waals surface area contributed by atoms with Crippen LogP contribution in [0.3, 0.4) is 0 Å². The first-order chi connectivity index (χ1) is 14.7. The Bertz CT molecular complexity index is 1050. The van der Waals surface area contributed by atoms with Crippen molar-refractivity contribution < 1.29 is 18.0 Å². The summed E-state index contributed by atoms with van der Waals surface area (Å²) >= 11 is 0. The number of benzene rings is 1. The third kappa shape index (κ3) is 6.84. The summed E-state index contributed by atoms with van der Waals surface area (Å²) < 4.78 is 22.8. The van der Waals surface area contributed by atoms with E-state index in [-0.39, 0.29) is 29.0 Å². The van der Waals surface area contributed by atoms with Crippen molar-refractivity contribution in [3.8, 4) is 0 Å². The Morgan fingerprint density at radius 2 is 1.90 bits per heavy atom. The number of aromatic nitrogens is 1. The van der Waals surface area contributed by atoms with E-state index in [0.29, 0.717) is 18.1 Å². The normalized spacial score (nSPS) is 15.4. The predicted molar refractivity (Wildman–Crippen MR) is 118 cm³/mol. The SMILES string of the molecule is Cc1ccnc(NC(=O)C2CCN(CCC(=O)Nc3cccc(S(N)(=O)=O)c3)CC2)c1. The number of primary sulfonamides is 1. The van der Waals surface area contributed by atoms with Crippen LogP contribution in [0.25, 0.3) is 0 Å². The number of carbonyl (C=O) groups excluding carboxylic acids is 2. The molecule has 0 radical (unpaired) electrons. The van der Waals surface area contributed by atoms with E-state index in [1.807, 2.05) is 19.1 Å². The molecule has 2 amide bonds. The lowest BCUT2D eigenvalue weighted by atomic mass is 9.96. The van der Waals surface area contributed by atoms with E-state index in [9.17, 15) is 18.0 Å². The number of carbonyl (C=O) groups is 2. The van der Waals surface area contributed by atoms with E-state index in [1.165, 1.54) is 18.2 Å². The van der Waals surface area contributed by atoms with E-state index < -0.39 is 10.0 Å². The standard InChI is InChI=1S/C21H27N5O4S/c1-15-5-9-23-19(13-15)25-21(28)16-6-10-26(11-7-16)12-8-20(27)24-17-3-2-4-18(14-17)31(22,29)30/h2-5,9,13-14,16H,6-8,10-12H2,1H3,(H,24,27)(H2,22,29,30)(H,23,25,28). The van der Waals surface area contributed by atoms with Crippen LogP contribution < -0.4 is 15.8 Å². The minimum absolute atomic E-state index is 0.0229. The molecule has 0 aliphatic carbocycles. The van der Waals surface area contributed by atoms with Gasteiger partial charge in [-0.15, -0.1) is 0 Å². The summed E-state index contributed by atoms with van der Waals surface area (Å²) in [5.74, 6) is 0.256. The van der Waals surface area contributed by atoms with Crippen LogP contribution in [0.1, 0.15) is 24.8 Å². The van der Waals surface area contributed by atoms with Crippen LogP contribution in [0, 0.1) is 12.8 Å². The number of sulfonamides is 1. The van der Waals surface area contributed by atoms with Gasteiger partial charge in [-0.25, -0.2) is 18.5 Å². The van der Waals surface area contributed by atoms with Crippen LogP contribution in [0.4, 0.5) is 11.5 Å². The zero-order chi connectivity index (χ0) is 22.4. The summed E-state index contributed by atoms with van der Waals surface area (Å²) in [4.78, 5) is 31.0. The van der Waals surface area contributed by atoms with Crippen LogP contribution in [0.15, 0.2) is 47.5 Å². The summed E-state index contributed by atoms with van der Waals surface area (Å²) in [6.07, 6.45) is 3.37. The molecule has 1 fully saturated rings. The average Bonchev–Trinajstić information content (AvgIpc) is 2.72. The van der Waals surface area contributed by atoms with Gasteiger partial charge in [0.2, 0.25) is 21.8 Å². The van der Waals surface area contributed by atoms with Gasteiger partial charge < -0.3 is 15.5 Å². The first kappa shape index (κ1) is 22.9. The van der Waals surface area contributed by atoms with Gasteiger partial charge in [0, 0.05) is 30.8 Å². The van der Waals surface area contributed by atoms with Gasteiger partial charge in [0.15, 0.2) is 0 Å². The van der Waals surface area contributed by atoms with Gasteiger partial charge in [0.25, 0.3) is 0 Å². The molecule has 9 nitrogen and oxygen atoms in total. The molecule has 0 atom stereocenters. The molecule has 0 spiro atoms. The largest absolute Gasteiger partial charge is 0.326 e. The number of hydrogen-bond donors (Lipinski definition) is 3. The van der Waals surface area contributed by atoms with E-state index in [0.717, 1.165) is 31.5 Å². The molecule has 1 aromatic heterocycles. The van der Waals surface area contributed by atoms with Gasteiger partial charge >= 0.3 is 0 Å². The molecule has 0 saturated carbocycles. The van der Waals surface area contributed by atoms with Crippen LogP contribution in [-0.2, 0) is 19.6 Å². The second-order valence-corrected chi connectivity index (χ2v) is 9.26. The number of amides is 2. The molecule has 31 heavy (non-hydrogen) atoms. The van der Waals surface area contributed by atoms with Crippen LogP contribution in [0.5, 0.6) is 0 Å². The van der Waals surface area contributed by atoms with Gasteiger partial charge in [-0.2, -0.15) is 0 Å². The highest BCUT2D eigenvalue weighted by Crippen LogP contribution is 2.20. The van der Waals surface area contributed by atoms with Crippen LogP contribution in [-0.4, -0.2) is 49.8 Å². The smallest absolute Gasteiger partial charge is 0.238 e. The van der Waals surface area contributed by atoms with Crippen LogP contribution in [0.2, 0.25) is 0 Å². The Labute approximate surface area is 182 Å². The molecule has 3 rings (SSSR count). The van der Waals surface area contributed by atoms with Gasteiger partial charge in [-0.3, -0.25) is 9.59 Å². The minimum Gasteiger partial charge on any atom is -0.326 e. The fourth-order valence-electron chi connectivity index (χ4n) is 3.49. The molecule has 10 heteroatoms. The van der Waals surface area contributed by atoms with Crippen molar-refractivity contribution in [2.24, 2.45) is 11.1 Å². The predicted octanol–water partition coefficient (Wildman–Crippen LogP) is 1.72. The summed E-state index contributed by atoms with van der Waals surface area (Å²) in [5.41, 5.74) is 1.42. The molecular formula is C21H27N5O4S. The quantitative estimate of drug-likeness (QED) is 0.594. The lowest BCUT2D eigenvalue weighted by Crippen LogP contribution is -2.39. The maximum absolute atomic E-state index is 12.5. The third-order valence-electron chi connectivity index (χ3n) is 5.23. The van der Waals surface area contributed by atoms with Gasteiger partial charge in [0.1, 0.15) is 5.82 Å². The fraction of sp³-hybridized carbons (Fsp3) is 0.381. The Morgan fingerprint density at radius 3 is 2.58 bits per heavy atom. The lowest BCUT2D eigenvalue weighted by Gasteiger charge is -2.31. The molecule has 0 unspecified atom stereocenters. The molecule has 2 aromatic rings. The summed E-state index contributed by atoms with van der Waals surface area (Å²) in [6, 6.07) is 9.56. The Balaban J connectivity index is 1.42. The number of nitrogens with two attached hydrogens (primary N) is 1. The number of likely N-dealkylation sites (tertiary alicyclic amines) is 1. The molecular weight excluding hydrogens is 418 g/mol. The topological polar surface area (TPSA) is 134 Å². The van der Waals surface area contributed by atoms with Gasteiger partial charge in [-0.05, 0) is 68.8 Å². The summed E-state index contributed by atoms with van der Waals surface area (Å²) in [5, 5.41) is 10.7. The lowest BCUT2D eigenvalue weighted by molar-refractivity contribution is -0.121. The van der Waals surface area contributed by atoms with Crippen molar-refractivity contribution in [1.82, 2.24) is 9.88 Å². The summed E-state index contributed by atoms with van der Waals surface area (Å²) in [7, 11) is -3.82. The van der Waals surface area contributed by atoms with Crippen molar-refractivity contribution in [2.75, 3.05) is 30.3 Å². The fourth-order valence-corrected chi connectivity index (χ4v) is 4.05. The second kappa shape index (κ2) is 9.99. The number of nitrogens with one attached hydrogen (secondary N) is 2. The highest BCUT2D eigenvalue weighted by molar-refractivity contribution is 7.89. The Morgan fingerprint density at radius 1 is 1.16 bits per heavy atom. The Hall–Kier alpha value is -2.82. The van der Waals surface area contributed by atoms with Crippen molar-refractivity contribution >= 4 is 33.3 Å². The molecule has 1 saturated heterocycles. The zero-order valence-corrected chi connectivity index (χ0v) is 18.2. The third-order valence-corrected chi connectivity index (χ3v) is 6.14. The number of hydrogen-bond acceptors (Lipinski definition) is 6. The Kier molecular flexibility index (Phi) is 7.37. The van der Waals surface area contributed by atoms with E-state index in [4.69, 9.17) is 5.14 Å². The maximum atomic E-state index is 12.5. The molecule has 1 aliphatic rings. The number of pyridine rings is 1. The number of rotatable bonds is 7. The van der Waals surface area contributed by atoms with Crippen molar-refractivity contribution in [3.05, 3.63) is 48.2 Å². The molecule has 1 aliphatic heterocycles.